The Hall–Kier alpha value is 0.686. The van der Waals surface area contributed by atoms with Crippen LogP contribution in [0.4, 0.5) is 0 Å². The third-order valence-electron chi connectivity index (χ3n) is 0.224. The Kier molecular flexibility index (Phi) is 50.2. The maximum Gasteiger partial charge on any atom is 2.00 e. The molecule has 50 valence electrons. The van der Waals surface area contributed by atoms with Crippen molar-refractivity contribution in [3.05, 3.63) is 0 Å². The Balaban J connectivity index is -0.0000000131. The Labute approximate surface area is 70.0 Å². The molecule has 0 atom stereocenters. The Morgan fingerprint density at radius 1 is 1.25 bits per heavy atom. The Morgan fingerprint density at radius 2 is 1.38 bits per heavy atom. The first-order chi connectivity index (χ1) is 3.33. The molecule has 2 nitrogen and oxygen atoms in total. The minimum atomic E-state index is 0. The summed E-state index contributed by atoms with van der Waals surface area (Å²) >= 11 is 0. The van der Waals surface area contributed by atoms with E-state index >= 15 is 0 Å². The average molecular weight is 132 g/mol. The van der Waals surface area contributed by atoms with E-state index in [2.05, 4.69) is 0 Å². The van der Waals surface area contributed by atoms with Crippen LogP contribution in [0.5, 0.6) is 0 Å². The second kappa shape index (κ2) is 25.3. The fourth-order valence-electron chi connectivity index (χ4n) is 0. The molecular weight excluding hydrogens is 116 g/mol. The van der Waals surface area contributed by atoms with E-state index in [0.717, 1.165) is 6.42 Å². The summed E-state index contributed by atoms with van der Waals surface area (Å²) in [4.78, 5) is 0. The van der Waals surface area contributed by atoms with Gasteiger partial charge in [-0.25, -0.2) is 0 Å². The number of aliphatic hydroxyl groups excluding tert-OH is 2. The Bertz CT molecular complexity index is 25.1. The maximum atomic E-state index is 7.88. The molecule has 0 spiro atoms. The third-order valence-corrected chi connectivity index (χ3v) is 0.224. The molecule has 0 heterocycles. The first-order valence-corrected chi connectivity index (χ1v) is 2.55. The largest absolute Gasteiger partial charge is 2.00 e. The number of hydrogen-bond acceptors (Lipinski definition) is 2. The smallest absolute Gasteiger partial charge is 1.00 e. The molecule has 2 N–H and O–H groups in total. The van der Waals surface area contributed by atoms with Gasteiger partial charge in [0, 0.05) is 13.2 Å². The topological polar surface area (TPSA) is 40.5 Å². The van der Waals surface area contributed by atoms with Crippen LogP contribution in [0.1, 0.15) is 23.1 Å². The fraction of sp³-hybridized carbons (Fsp3) is 1.00. The van der Waals surface area contributed by atoms with Gasteiger partial charge in [0.15, 0.2) is 0 Å². The number of aliphatic hydroxyl groups is 2. The summed E-state index contributed by atoms with van der Waals surface area (Å²) in [5.74, 6) is 0. The summed E-state index contributed by atoms with van der Waals surface area (Å²) in [6.45, 7) is 4.18. The van der Waals surface area contributed by atoms with Crippen molar-refractivity contribution in [2.24, 2.45) is 0 Å². The molecule has 0 amide bonds. The van der Waals surface area contributed by atoms with E-state index in [1.807, 2.05) is 6.92 Å². The second-order valence-electron chi connectivity index (χ2n) is 1.04. The summed E-state index contributed by atoms with van der Waals surface area (Å²) in [7, 11) is 0. The minimum absolute atomic E-state index is 0. The van der Waals surface area contributed by atoms with Gasteiger partial charge in [-0.05, 0) is 13.3 Å². The molecule has 0 bridgehead atoms. The molecule has 0 rings (SSSR count). The monoisotopic (exact) mass is 132 g/mol. The van der Waals surface area contributed by atoms with Gasteiger partial charge in [0.2, 0.25) is 0 Å². The van der Waals surface area contributed by atoms with Crippen molar-refractivity contribution in [3.63, 3.8) is 0 Å². The van der Waals surface area contributed by atoms with Gasteiger partial charge in [0.25, 0.3) is 0 Å². The molecule has 0 aromatic rings. The van der Waals surface area contributed by atoms with Crippen LogP contribution in [0.2, 0.25) is 0 Å². The van der Waals surface area contributed by atoms with Crippen molar-refractivity contribution in [2.75, 3.05) is 13.2 Å². The van der Waals surface area contributed by atoms with Gasteiger partial charge in [-0.15, -0.1) is 0 Å². The van der Waals surface area contributed by atoms with Crippen LogP contribution >= 0.6 is 0 Å². The van der Waals surface area contributed by atoms with Crippen LogP contribution in [-0.2, 0) is 0 Å². The molecule has 0 aliphatic heterocycles. The van der Waals surface area contributed by atoms with Crippen LogP contribution in [0.25, 0.3) is 0 Å². The van der Waals surface area contributed by atoms with Crippen molar-refractivity contribution in [1.82, 2.24) is 0 Å². The predicted molar refractivity (Wildman–Crippen MR) is 38.1 cm³/mol. The zero-order chi connectivity index (χ0) is 6.12. The summed E-state index contributed by atoms with van der Waals surface area (Å²) < 4.78 is 0. The molecule has 8 heavy (non-hydrogen) atoms. The molecule has 0 aliphatic rings. The summed E-state index contributed by atoms with van der Waals surface area (Å²) in [5.41, 5.74) is 0. The fourth-order valence-corrected chi connectivity index (χ4v) is 0. The van der Waals surface area contributed by atoms with Crippen molar-refractivity contribution < 1.29 is 13.1 Å². The van der Waals surface area contributed by atoms with Gasteiger partial charge in [-0.1, -0.05) is 6.92 Å². The van der Waals surface area contributed by atoms with E-state index in [0.29, 0.717) is 6.61 Å². The van der Waals surface area contributed by atoms with Gasteiger partial charge < -0.3 is 13.1 Å². The molecular formula is C5H16MgO2. The van der Waals surface area contributed by atoms with E-state index in [9.17, 15) is 0 Å². The second-order valence-corrected chi connectivity index (χ2v) is 1.04. The SMILES string of the molecule is CCCO.CCO.[H-].[H-].[Mg+2]. The summed E-state index contributed by atoms with van der Waals surface area (Å²) in [6.07, 6.45) is 0.875. The van der Waals surface area contributed by atoms with Crippen LogP contribution in [0.3, 0.4) is 0 Å². The van der Waals surface area contributed by atoms with E-state index in [1.165, 1.54) is 0 Å². The van der Waals surface area contributed by atoms with E-state index in [-0.39, 0.29) is 32.5 Å². The van der Waals surface area contributed by atoms with Crippen LogP contribution in [0, 0.1) is 0 Å². The normalized spacial score (nSPS) is 6.00. The molecule has 3 heteroatoms. The number of rotatable bonds is 1. The molecule has 0 unspecified atom stereocenters. The first-order valence-electron chi connectivity index (χ1n) is 2.55. The average Bonchev–Trinajstić information content (AvgIpc) is 1.69. The minimum Gasteiger partial charge on any atom is -1.00 e. The van der Waals surface area contributed by atoms with Gasteiger partial charge >= 0.3 is 23.1 Å². The zero-order valence-corrected chi connectivity index (χ0v) is 7.14. The molecule has 0 saturated carbocycles. The molecule has 0 aromatic heterocycles. The van der Waals surface area contributed by atoms with Crippen molar-refractivity contribution in [3.8, 4) is 0 Å². The molecule has 0 aliphatic carbocycles. The van der Waals surface area contributed by atoms with Crippen LogP contribution in [-0.4, -0.2) is 46.5 Å². The summed E-state index contributed by atoms with van der Waals surface area (Å²) in [5, 5.41) is 15.4. The van der Waals surface area contributed by atoms with Gasteiger partial charge in [0.05, 0.1) is 0 Å². The quantitative estimate of drug-likeness (QED) is 0.502. The number of hydrogen-bond donors (Lipinski definition) is 2. The van der Waals surface area contributed by atoms with Crippen molar-refractivity contribution >= 4 is 23.1 Å². The predicted octanol–water partition coefficient (Wildman–Crippen LogP) is 0.232. The zero-order valence-electron chi connectivity index (χ0n) is 7.72. The van der Waals surface area contributed by atoms with Gasteiger partial charge in [-0.3, -0.25) is 0 Å². The summed E-state index contributed by atoms with van der Waals surface area (Å²) in [6, 6.07) is 0. The maximum absolute atomic E-state index is 7.88. The molecule has 0 aromatic carbocycles. The standard InChI is InChI=1S/C3H8O.C2H6O.Mg.2H/c1-2-3-4;1-2-3;;;/h4H,2-3H2,1H3;3H,2H2,1H3;;;/q;;+2;2*-1. The van der Waals surface area contributed by atoms with Gasteiger partial charge in [0.1, 0.15) is 0 Å². The Morgan fingerprint density at radius 3 is 1.38 bits per heavy atom. The van der Waals surface area contributed by atoms with Crippen LogP contribution < -0.4 is 0 Å². The third kappa shape index (κ3) is 76.0. The molecule has 0 fully saturated rings. The van der Waals surface area contributed by atoms with E-state index in [1.54, 1.807) is 6.92 Å². The van der Waals surface area contributed by atoms with E-state index in [4.69, 9.17) is 10.2 Å². The van der Waals surface area contributed by atoms with E-state index < -0.39 is 0 Å². The molecule has 0 radical (unpaired) electrons. The molecule has 0 saturated heterocycles. The first kappa shape index (κ1) is 15.9. The van der Waals surface area contributed by atoms with Crippen molar-refractivity contribution in [2.45, 2.75) is 20.3 Å². The van der Waals surface area contributed by atoms with Crippen molar-refractivity contribution in [1.29, 1.82) is 0 Å². The van der Waals surface area contributed by atoms with Gasteiger partial charge in [-0.2, -0.15) is 0 Å². The van der Waals surface area contributed by atoms with Crippen LogP contribution in [0.15, 0.2) is 0 Å².